The van der Waals surface area contributed by atoms with Crippen LogP contribution in [0, 0.1) is 11.6 Å². The fourth-order valence-corrected chi connectivity index (χ4v) is 3.04. The van der Waals surface area contributed by atoms with Gasteiger partial charge >= 0.3 is 4.87 Å². The van der Waals surface area contributed by atoms with Crippen molar-refractivity contribution in [2.75, 3.05) is 13.1 Å². The van der Waals surface area contributed by atoms with E-state index in [2.05, 4.69) is 18.1 Å². The molecule has 1 aromatic carbocycles. The van der Waals surface area contributed by atoms with Gasteiger partial charge < -0.3 is 4.98 Å². The lowest BCUT2D eigenvalue weighted by molar-refractivity contribution is 0.331. The molecule has 0 aliphatic heterocycles. The molecule has 0 fully saturated rings. The molecule has 0 amide bonds. The maximum Gasteiger partial charge on any atom is 0.305 e. The van der Waals surface area contributed by atoms with Crippen LogP contribution in [0.5, 0.6) is 0 Å². The van der Waals surface area contributed by atoms with Crippen molar-refractivity contribution in [1.82, 2.24) is 9.88 Å². The Kier molecular flexibility index (Phi) is 5.41. The average molecular weight is 322 g/mol. The molecule has 1 heterocycles. The average Bonchev–Trinajstić information content (AvgIpc) is 2.82. The Morgan fingerprint density at radius 1 is 1.23 bits per heavy atom. The molecule has 0 unspecified atom stereocenters. The lowest BCUT2D eigenvalue weighted by atomic mass is 10.1. The highest BCUT2D eigenvalue weighted by Crippen LogP contribution is 2.27. The van der Waals surface area contributed by atoms with Crippen LogP contribution in [0.3, 0.4) is 0 Å². The Hall–Kier alpha value is -2.05. The first-order valence-corrected chi connectivity index (χ1v) is 7.48. The van der Waals surface area contributed by atoms with E-state index in [1.807, 2.05) is 4.90 Å². The van der Waals surface area contributed by atoms with Gasteiger partial charge in [-0.15, -0.1) is 13.2 Å². The SMILES string of the molecule is C=CCN(CC=C)Cc1sc(=O)[nH]c1-c1cc(F)ccc1F. The smallest absolute Gasteiger partial charge is 0.305 e. The molecule has 116 valence electrons. The first kappa shape index (κ1) is 16.3. The monoisotopic (exact) mass is 322 g/mol. The van der Waals surface area contributed by atoms with Crippen LogP contribution in [0.25, 0.3) is 11.3 Å². The normalized spacial score (nSPS) is 10.9. The number of nitrogens with one attached hydrogen (secondary N) is 1. The lowest BCUT2D eigenvalue weighted by Crippen LogP contribution is -2.23. The number of benzene rings is 1. The zero-order valence-electron chi connectivity index (χ0n) is 11.9. The van der Waals surface area contributed by atoms with Gasteiger partial charge in [-0.05, 0) is 18.2 Å². The van der Waals surface area contributed by atoms with Crippen LogP contribution >= 0.6 is 11.3 Å². The molecule has 1 N–H and O–H groups in total. The zero-order valence-corrected chi connectivity index (χ0v) is 12.8. The van der Waals surface area contributed by atoms with Crippen molar-refractivity contribution < 1.29 is 8.78 Å². The molecule has 6 heteroatoms. The van der Waals surface area contributed by atoms with Gasteiger partial charge in [-0.25, -0.2) is 8.78 Å². The molecule has 2 aromatic rings. The Balaban J connectivity index is 2.41. The summed E-state index contributed by atoms with van der Waals surface area (Å²) in [5, 5.41) is 0. The van der Waals surface area contributed by atoms with Crippen molar-refractivity contribution in [1.29, 1.82) is 0 Å². The standard InChI is InChI=1S/C16H16F2N2OS/c1-3-7-20(8-4-2)10-14-15(19-16(21)22-14)12-9-11(17)5-6-13(12)18/h3-6,9H,1-2,7-8,10H2,(H,19,21). The van der Waals surface area contributed by atoms with E-state index in [0.29, 0.717) is 30.2 Å². The molecule has 0 saturated heterocycles. The number of hydrogen-bond donors (Lipinski definition) is 1. The van der Waals surface area contributed by atoms with Gasteiger partial charge in [0.15, 0.2) is 0 Å². The number of hydrogen-bond acceptors (Lipinski definition) is 3. The van der Waals surface area contributed by atoms with Gasteiger partial charge in [0, 0.05) is 30.1 Å². The number of aromatic amines is 1. The molecular weight excluding hydrogens is 306 g/mol. The molecule has 0 spiro atoms. The highest BCUT2D eigenvalue weighted by molar-refractivity contribution is 7.09. The van der Waals surface area contributed by atoms with E-state index in [1.54, 1.807) is 12.2 Å². The molecule has 0 radical (unpaired) electrons. The zero-order chi connectivity index (χ0) is 16.1. The Morgan fingerprint density at radius 2 is 1.91 bits per heavy atom. The first-order valence-electron chi connectivity index (χ1n) is 6.66. The maximum atomic E-state index is 13.9. The first-order chi connectivity index (χ1) is 10.5. The second kappa shape index (κ2) is 7.29. The van der Waals surface area contributed by atoms with Crippen molar-refractivity contribution in [3.8, 4) is 11.3 Å². The van der Waals surface area contributed by atoms with E-state index < -0.39 is 11.6 Å². The predicted octanol–water partition coefficient (Wildman–Crippen LogP) is 3.56. The van der Waals surface area contributed by atoms with Gasteiger partial charge in [-0.3, -0.25) is 9.69 Å². The molecule has 3 nitrogen and oxygen atoms in total. The second-order valence-electron chi connectivity index (χ2n) is 4.71. The summed E-state index contributed by atoms with van der Waals surface area (Å²) in [6.45, 7) is 8.99. The summed E-state index contributed by atoms with van der Waals surface area (Å²) < 4.78 is 27.3. The minimum absolute atomic E-state index is 0.0607. The van der Waals surface area contributed by atoms with E-state index in [1.165, 1.54) is 0 Å². The number of thiazole rings is 1. The van der Waals surface area contributed by atoms with Gasteiger partial charge in [0.2, 0.25) is 0 Å². The number of nitrogens with zero attached hydrogens (tertiary/aromatic N) is 1. The highest BCUT2D eigenvalue weighted by atomic mass is 32.1. The maximum absolute atomic E-state index is 13.9. The van der Waals surface area contributed by atoms with E-state index in [9.17, 15) is 13.6 Å². The van der Waals surface area contributed by atoms with Crippen molar-refractivity contribution in [2.24, 2.45) is 0 Å². The summed E-state index contributed by atoms with van der Waals surface area (Å²) in [4.78, 5) is 16.6. The van der Waals surface area contributed by atoms with Crippen molar-refractivity contribution >= 4 is 11.3 Å². The van der Waals surface area contributed by atoms with Crippen molar-refractivity contribution in [2.45, 2.75) is 6.54 Å². The van der Waals surface area contributed by atoms with Crippen LogP contribution in [0.1, 0.15) is 4.88 Å². The van der Waals surface area contributed by atoms with Crippen LogP contribution in [0.2, 0.25) is 0 Å². The summed E-state index contributed by atoms with van der Waals surface area (Å²) in [7, 11) is 0. The minimum atomic E-state index is -0.573. The molecule has 22 heavy (non-hydrogen) atoms. The van der Waals surface area contributed by atoms with Gasteiger partial charge in [0.05, 0.1) is 5.69 Å². The van der Waals surface area contributed by atoms with E-state index in [4.69, 9.17) is 0 Å². The minimum Gasteiger partial charge on any atom is -0.312 e. The topological polar surface area (TPSA) is 36.1 Å². The summed E-state index contributed by atoms with van der Waals surface area (Å²) in [5.74, 6) is -1.13. The van der Waals surface area contributed by atoms with Gasteiger partial charge in [0.25, 0.3) is 0 Å². The third kappa shape index (κ3) is 3.78. The highest BCUT2D eigenvalue weighted by Gasteiger charge is 2.16. The van der Waals surface area contributed by atoms with Crippen LogP contribution < -0.4 is 4.87 Å². The quantitative estimate of drug-likeness (QED) is 0.791. The van der Waals surface area contributed by atoms with Gasteiger partial charge in [0.1, 0.15) is 11.6 Å². The molecule has 0 bridgehead atoms. The number of rotatable bonds is 7. The number of H-pyrrole nitrogens is 1. The third-order valence-corrected chi connectivity index (χ3v) is 3.93. The summed E-state index contributed by atoms with van der Waals surface area (Å²) >= 11 is 0.993. The molecule has 0 aliphatic carbocycles. The summed E-state index contributed by atoms with van der Waals surface area (Å²) in [6, 6.07) is 3.18. The summed E-state index contributed by atoms with van der Waals surface area (Å²) in [6.07, 6.45) is 3.47. The number of aromatic nitrogens is 1. The van der Waals surface area contributed by atoms with Crippen molar-refractivity contribution in [3.63, 3.8) is 0 Å². The van der Waals surface area contributed by atoms with Gasteiger partial charge in [-0.2, -0.15) is 0 Å². The molecule has 0 aliphatic rings. The molecule has 1 aromatic heterocycles. The largest absolute Gasteiger partial charge is 0.312 e. The van der Waals surface area contributed by atoms with Crippen LogP contribution in [0.15, 0.2) is 48.3 Å². The third-order valence-electron chi connectivity index (χ3n) is 3.06. The Bertz CT molecular complexity index is 726. The fraction of sp³-hybridized carbons (Fsp3) is 0.188. The molecule has 0 saturated carbocycles. The van der Waals surface area contributed by atoms with Crippen LogP contribution in [-0.4, -0.2) is 23.0 Å². The van der Waals surface area contributed by atoms with E-state index in [-0.39, 0.29) is 10.4 Å². The van der Waals surface area contributed by atoms with E-state index in [0.717, 1.165) is 29.5 Å². The molecule has 2 rings (SSSR count). The second-order valence-corrected chi connectivity index (χ2v) is 5.78. The lowest BCUT2D eigenvalue weighted by Gasteiger charge is -2.18. The van der Waals surface area contributed by atoms with Crippen LogP contribution in [0.4, 0.5) is 8.78 Å². The summed E-state index contributed by atoms with van der Waals surface area (Å²) in [5.41, 5.74) is 0.385. The fourth-order valence-electron chi connectivity index (χ4n) is 2.15. The predicted molar refractivity (Wildman–Crippen MR) is 86.0 cm³/mol. The van der Waals surface area contributed by atoms with Gasteiger partial charge in [-0.1, -0.05) is 23.5 Å². The van der Waals surface area contributed by atoms with Crippen molar-refractivity contribution in [3.05, 3.63) is 69.7 Å². The van der Waals surface area contributed by atoms with E-state index >= 15 is 0 Å². The van der Waals surface area contributed by atoms with Crippen LogP contribution in [-0.2, 0) is 6.54 Å². The Morgan fingerprint density at radius 3 is 2.55 bits per heavy atom. The molecule has 0 atom stereocenters. The number of halogens is 2. The molecular formula is C16H16F2N2OS. The Labute approximate surface area is 131 Å².